The fourth-order valence-electron chi connectivity index (χ4n) is 10.7. The van der Waals surface area contributed by atoms with E-state index >= 15 is 0 Å². The summed E-state index contributed by atoms with van der Waals surface area (Å²) in [7, 11) is 0. The molecule has 13 rings (SSSR count). The van der Waals surface area contributed by atoms with Gasteiger partial charge in [-0.2, -0.15) is 0 Å². The van der Waals surface area contributed by atoms with Crippen LogP contribution in [0, 0.1) is 0 Å². The van der Waals surface area contributed by atoms with Gasteiger partial charge >= 0.3 is 0 Å². The van der Waals surface area contributed by atoms with Gasteiger partial charge in [0.1, 0.15) is 11.2 Å². The molecule has 3 heteroatoms. The van der Waals surface area contributed by atoms with Crippen molar-refractivity contribution in [2.75, 3.05) is 4.90 Å². The van der Waals surface area contributed by atoms with Crippen LogP contribution in [0.4, 0.5) is 17.1 Å². The second-order valence-electron chi connectivity index (χ2n) is 16.8. The first kappa shape index (κ1) is 36.3. The van der Waals surface area contributed by atoms with Crippen molar-refractivity contribution < 1.29 is 4.42 Å². The topological polar surface area (TPSA) is 21.3 Å². The number of rotatable bonds is 7. The van der Waals surface area contributed by atoms with Gasteiger partial charge < -0.3 is 13.9 Å². The van der Waals surface area contributed by atoms with Gasteiger partial charge in [-0.05, 0) is 117 Å². The summed E-state index contributed by atoms with van der Waals surface area (Å²) in [5, 5.41) is 4.68. The SMILES string of the molecule is c1ccc(N(c2cccc(C3(c4ccccc4)c4ccccc4-c4ccccc43)c2)c2ccc3c(c2)oc2cc(-c4ccc5c6ccccc6n(-c6ccccc6)c5c4)ccc23)cc1. The van der Waals surface area contributed by atoms with Crippen LogP contribution in [0.3, 0.4) is 0 Å². The Hall–Kier alpha value is -8.40. The Balaban J connectivity index is 0.942. The maximum absolute atomic E-state index is 6.83. The lowest BCUT2D eigenvalue weighted by atomic mass is 9.67. The van der Waals surface area contributed by atoms with E-state index in [1.807, 2.05) is 0 Å². The van der Waals surface area contributed by atoms with Gasteiger partial charge in [-0.15, -0.1) is 0 Å². The summed E-state index contributed by atoms with van der Waals surface area (Å²) in [5.41, 5.74) is 17.8. The van der Waals surface area contributed by atoms with Crippen LogP contribution in [0.2, 0.25) is 0 Å². The summed E-state index contributed by atoms with van der Waals surface area (Å²) < 4.78 is 9.20. The van der Waals surface area contributed by atoms with Crippen molar-refractivity contribution in [3.05, 3.63) is 265 Å². The molecular weight excluding hydrogens is 777 g/mol. The number of furan rings is 1. The molecule has 0 spiro atoms. The smallest absolute Gasteiger partial charge is 0.137 e. The highest BCUT2D eigenvalue weighted by Gasteiger charge is 2.46. The number of aromatic nitrogens is 1. The van der Waals surface area contributed by atoms with Crippen LogP contribution >= 0.6 is 0 Å². The molecular formula is C61H40N2O. The van der Waals surface area contributed by atoms with Crippen molar-refractivity contribution in [2.45, 2.75) is 5.41 Å². The normalized spacial score (nSPS) is 12.8. The minimum atomic E-state index is -0.504. The molecule has 1 aliphatic carbocycles. The van der Waals surface area contributed by atoms with Gasteiger partial charge in [0.25, 0.3) is 0 Å². The van der Waals surface area contributed by atoms with Gasteiger partial charge in [0.05, 0.1) is 16.4 Å². The zero-order valence-corrected chi connectivity index (χ0v) is 34.9. The van der Waals surface area contributed by atoms with Gasteiger partial charge in [-0.1, -0.05) is 164 Å². The molecule has 2 aromatic heterocycles. The lowest BCUT2D eigenvalue weighted by molar-refractivity contribution is 0.669. The lowest BCUT2D eigenvalue weighted by Crippen LogP contribution is -2.28. The Morgan fingerprint density at radius 3 is 1.62 bits per heavy atom. The van der Waals surface area contributed by atoms with E-state index in [0.29, 0.717) is 0 Å². The van der Waals surface area contributed by atoms with Crippen LogP contribution in [0.1, 0.15) is 22.3 Å². The van der Waals surface area contributed by atoms with E-state index < -0.39 is 5.41 Å². The van der Waals surface area contributed by atoms with Crippen molar-refractivity contribution in [1.82, 2.24) is 4.57 Å². The highest BCUT2D eigenvalue weighted by Crippen LogP contribution is 2.56. The van der Waals surface area contributed by atoms with Gasteiger partial charge in [-0.3, -0.25) is 0 Å². The van der Waals surface area contributed by atoms with Gasteiger partial charge in [0.2, 0.25) is 0 Å². The predicted molar refractivity (Wildman–Crippen MR) is 265 cm³/mol. The zero-order chi connectivity index (χ0) is 42.2. The molecule has 0 fully saturated rings. The van der Waals surface area contributed by atoms with Crippen molar-refractivity contribution in [1.29, 1.82) is 0 Å². The molecule has 64 heavy (non-hydrogen) atoms. The minimum Gasteiger partial charge on any atom is -0.456 e. The summed E-state index contributed by atoms with van der Waals surface area (Å²) >= 11 is 0. The highest BCUT2D eigenvalue weighted by molar-refractivity contribution is 6.11. The summed E-state index contributed by atoms with van der Waals surface area (Å²) in [6.45, 7) is 0. The maximum Gasteiger partial charge on any atom is 0.137 e. The average molecular weight is 817 g/mol. The molecule has 0 unspecified atom stereocenters. The second kappa shape index (κ2) is 14.3. The number of fused-ring (bicyclic) bond motifs is 9. The number of nitrogens with zero attached hydrogens (tertiary/aromatic N) is 2. The molecule has 3 nitrogen and oxygen atoms in total. The van der Waals surface area contributed by atoms with Gasteiger partial charge in [-0.25, -0.2) is 0 Å². The Morgan fingerprint density at radius 2 is 0.875 bits per heavy atom. The molecule has 1 aliphatic rings. The molecule has 0 radical (unpaired) electrons. The lowest BCUT2D eigenvalue weighted by Gasteiger charge is -2.35. The summed E-state index contributed by atoms with van der Waals surface area (Å²) in [6, 6.07) is 88.1. The molecule has 0 bridgehead atoms. The minimum absolute atomic E-state index is 0.504. The van der Waals surface area contributed by atoms with Crippen LogP contribution in [-0.4, -0.2) is 4.57 Å². The van der Waals surface area contributed by atoms with E-state index in [4.69, 9.17) is 4.42 Å². The third kappa shape index (κ3) is 5.41. The molecule has 0 atom stereocenters. The third-order valence-electron chi connectivity index (χ3n) is 13.4. The summed E-state index contributed by atoms with van der Waals surface area (Å²) in [5.74, 6) is 0. The summed E-state index contributed by atoms with van der Waals surface area (Å²) in [6.07, 6.45) is 0. The Bertz CT molecular complexity index is 3690. The molecule has 12 aromatic rings. The van der Waals surface area contributed by atoms with E-state index in [2.05, 4.69) is 252 Å². The van der Waals surface area contributed by atoms with E-state index in [1.54, 1.807) is 0 Å². The predicted octanol–water partition coefficient (Wildman–Crippen LogP) is 16.2. The number of anilines is 3. The first-order valence-electron chi connectivity index (χ1n) is 22.0. The molecule has 0 saturated carbocycles. The highest BCUT2D eigenvalue weighted by atomic mass is 16.3. The number of para-hydroxylation sites is 3. The number of hydrogen-bond acceptors (Lipinski definition) is 2. The first-order valence-corrected chi connectivity index (χ1v) is 22.0. The molecule has 0 aliphatic heterocycles. The Morgan fingerprint density at radius 1 is 0.344 bits per heavy atom. The average Bonchev–Trinajstić information content (AvgIpc) is 4.00. The van der Waals surface area contributed by atoms with E-state index in [0.717, 1.165) is 55.8 Å². The zero-order valence-electron chi connectivity index (χ0n) is 34.9. The number of hydrogen-bond donors (Lipinski definition) is 0. The fraction of sp³-hybridized carbons (Fsp3) is 0.0164. The molecule has 2 heterocycles. The Labute approximate surface area is 371 Å². The van der Waals surface area contributed by atoms with E-state index in [-0.39, 0.29) is 0 Å². The molecule has 0 saturated heterocycles. The maximum atomic E-state index is 6.83. The molecule has 0 amide bonds. The van der Waals surface area contributed by atoms with E-state index in [9.17, 15) is 0 Å². The van der Waals surface area contributed by atoms with Crippen LogP contribution in [0.15, 0.2) is 247 Å². The second-order valence-corrected chi connectivity index (χ2v) is 16.8. The number of benzene rings is 10. The van der Waals surface area contributed by atoms with E-state index in [1.165, 1.54) is 55.2 Å². The molecule has 0 N–H and O–H groups in total. The van der Waals surface area contributed by atoms with Gasteiger partial charge in [0, 0.05) is 50.4 Å². The largest absolute Gasteiger partial charge is 0.456 e. The van der Waals surface area contributed by atoms with Crippen molar-refractivity contribution in [2.24, 2.45) is 0 Å². The fourth-order valence-corrected chi connectivity index (χ4v) is 10.7. The molecule has 300 valence electrons. The first-order chi connectivity index (χ1) is 31.7. The third-order valence-corrected chi connectivity index (χ3v) is 13.4. The molecule has 10 aromatic carbocycles. The van der Waals surface area contributed by atoms with Gasteiger partial charge in [0.15, 0.2) is 0 Å². The van der Waals surface area contributed by atoms with Crippen LogP contribution in [0.25, 0.3) is 71.7 Å². The van der Waals surface area contributed by atoms with Crippen molar-refractivity contribution >= 4 is 60.8 Å². The Kier molecular flexibility index (Phi) is 8.13. The summed E-state index contributed by atoms with van der Waals surface area (Å²) in [4.78, 5) is 2.36. The van der Waals surface area contributed by atoms with Crippen molar-refractivity contribution in [3.8, 4) is 27.9 Å². The van der Waals surface area contributed by atoms with Crippen LogP contribution in [0.5, 0.6) is 0 Å². The monoisotopic (exact) mass is 816 g/mol. The standard InChI is InChI=1S/C61H40N2O/c1-4-17-43(18-5-1)61(55-28-13-10-25-49(55)50-26-11-14-29-56(50)61)44-19-16-24-47(39-44)62(45-20-6-2-7-21-45)48-33-36-54-53-35-32-42(38-59(53)64-60(54)40-48)41-31-34-52-51-27-12-15-30-57(51)63(58(52)37-41)46-22-8-3-9-23-46/h1-40H. The van der Waals surface area contributed by atoms with Crippen molar-refractivity contribution in [3.63, 3.8) is 0 Å². The van der Waals surface area contributed by atoms with Crippen LogP contribution < -0.4 is 4.90 Å². The quantitative estimate of drug-likeness (QED) is 0.160. The van der Waals surface area contributed by atoms with Crippen LogP contribution in [-0.2, 0) is 5.41 Å².